The van der Waals surface area contributed by atoms with Gasteiger partial charge in [-0.2, -0.15) is 0 Å². The smallest absolute Gasteiger partial charge is 0.274 e. The van der Waals surface area contributed by atoms with E-state index < -0.39 is 21.8 Å². The zero-order valence-electron chi connectivity index (χ0n) is 18.4. The Labute approximate surface area is 213 Å². The lowest BCUT2D eigenvalue weighted by Gasteiger charge is -2.28. The van der Waals surface area contributed by atoms with Crippen LogP contribution in [0.1, 0.15) is 33.6 Å². The number of amides is 1. The highest BCUT2D eigenvalue weighted by molar-refractivity contribution is 7.98. The van der Waals surface area contributed by atoms with Crippen LogP contribution in [-0.4, -0.2) is 46.7 Å². The lowest BCUT2D eigenvalue weighted by Crippen LogP contribution is -2.41. The van der Waals surface area contributed by atoms with Gasteiger partial charge in [-0.05, 0) is 36.6 Å². The number of hydrogen-bond acceptors (Lipinski definition) is 6. The van der Waals surface area contributed by atoms with Gasteiger partial charge in [-0.1, -0.05) is 76.9 Å². The van der Waals surface area contributed by atoms with Crippen molar-refractivity contribution >= 4 is 50.7 Å². The highest BCUT2D eigenvalue weighted by Gasteiger charge is 2.36. The minimum atomic E-state index is -3.21. The molecule has 1 aliphatic rings. The maximum Gasteiger partial charge on any atom is 0.274 e. The Kier molecular flexibility index (Phi) is 7.82. The van der Waals surface area contributed by atoms with Crippen LogP contribution in [0.2, 0.25) is 10.0 Å². The number of halogens is 2. The van der Waals surface area contributed by atoms with Gasteiger partial charge in [-0.3, -0.25) is 4.79 Å². The summed E-state index contributed by atoms with van der Waals surface area (Å²) in [6, 6.07) is 14.8. The molecule has 0 spiro atoms. The molecule has 1 fully saturated rings. The molecule has 1 atom stereocenters. The van der Waals surface area contributed by atoms with E-state index in [1.165, 1.54) is 18.0 Å². The van der Waals surface area contributed by atoms with Crippen LogP contribution in [0.5, 0.6) is 0 Å². The second-order valence-corrected chi connectivity index (χ2v) is 12.3. The molecule has 0 bridgehead atoms. The molecule has 10 heteroatoms. The summed E-state index contributed by atoms with van der Waals surface area (Å²) in [5, 5.41) is 1.09. The zero-order chi connectivity index (χ0) is 24.3. The molecule has 34 heavy (non-hydrogen) atoms. The Morgan fingerprint density at radius 2 is 1.91 bits per heavy atom. The van der Waals surface area contributed by atoms with Gasteiger partial charge >= 0.3 is 0 Å². The Bertz CT molecular complexity index is 1320. The molecule has 2 aromatic carbocycles. The van der Waals surface area contributed by atoms with E-state index in [4.69, 9.17) is 23.2 Å². The van der Waals surface area contributed by atoms with Crippen LogP contribution >= 0.6 is 35.0 Å². The van der Waals surface area contributed by atoms with E-state index in [2.05, 4.69) is 16.0 Å². The number of benzene rings is 2. The van der Waals surface area contributed by atoms with Crippen LogP contribution in [0, 0.1) is 6.92 Å². The van der Waals surface area contributed by atoms with Gasteiger partial charge in [-0.15, -0.1) is 0 Å². The van der Waals surface area contributed by atoms with E-state index in [1.807, 2.05) is 31.2 Å². The maximum absolute atomic E-state index is 13.6. The predicted octanol–water partition coefficient (Wildman–Crippen LogP) is 5.21. The Hall–Kier alpha value is -2.13. The number of nitrogens with zero attached hydrogens (tertiary/aromatic N) is 3. The first-order chi connectivity index (χ1) is 16.2. The summed E-state index contributed by atoms with van der Waals surface area (Å²) in [4.78, 5) is 23.9. The van der Waals surface area contributed by atoms with E-state index in [-0.39, 0.29) is 28.8 Å². The van der Waals surface area contributed by atoms with E-state index in [1.54, 1.807) is 23.1 Å². The van der Waals surface area contributed by atoms with Crippen molar-refractivity contribution in [2.24, 2.45) is 0 Å². The number of thioether (sulfide) groups is 1. The molecule has 0 aliphatic carbocycles. The van der Waals surface area contributed by atoms with Crippen LogP contribution in [0.4, 0.5) is 0 Å². The van der Waals surface area contributed by atoms with Crippen molar-refractivity contribution in [3.05, 3.63) is 87.2 Å². The molecule has 1 aliphatic heterocycles. The highest BCUT2D eigenvalue weighted by Crippen LogP contribution is 2.27. The molecule has 2 heterocycles. The fourth-order valence-corrected chi connectivity index (χ4v) is 6.75. The number of aromatic nitrogens is 2. The third-order valence-electron chi connectivity index (χ3n) is 5.53. The molecule has 6 nitrogen and oxygen atoms in total. The van der Waals surface area contributed by atoms with Crippen LogP contribution < -0.4 is 0 Å². The van der Waals surface area contributed by atoms with Gasteiger partial charge in [-0.25, -0.2) is 18.4 Å². The summed E-state index contributed by atoms with van der Waals surface area (Å²) in [5.74, 6) is 0.180. The topological polar surface area (TPSA) is 80.2 Å². The predicted molar refractivity (Wildman–Crippen MR) is 136 cm³/mol. The first-order valence-corrected chi connectivity index (χ1v) is 14.2. The number of hydrogen-bond donors (Lipinski definition) is 0. The van der Waals surface area contributed by atoms with Gasteiger partial charge in [0.1, 0.15) is 0 Å². The fourth-order valence-electron chi connectivity index (χ4n) is 3.88. The summed E-state index contributed by atoms with van der Waals surface area (Å²) in [5.41, 5.74) is 3.14. The standard InChI is InChI=1S/C24H23Cl2N3O3S2/c1-16-4-2-6-18(10-16)14-33-24-27-12-21(26)22(28-24)23(30)29(20-8-9-34(31,32)15-20)13-17-5-3-7-19(25)11-17/h2-7,10-12,20H,8-9,13-15H2,1H3. The number of aryl methyl sites for hydroxylation is 1. The summed E-state index contributed by atoms with van der Waals surface area (Å²) in [6.45, 7) is 2.23. The molecule has 1 unspecified atom stereocenters. The minimum Gasteiger partial charge on any atom is -0.329 e. The van der Waals surface area contributed by atoms with Gasteiger partial charge in [0.25, 0.3) is 5.91 Å². The monoisotopic (exact) mass is 535 g/mol. The molecule has 1 aromatic heterocycles. The quantitative estimate of drug-likeness (QED) is 0.305. The molecule has 0 radical (unpaired) electrons. The molecule has 4 rings (SSSR count). The average molecular weight is 537 g/mol. The van der Waals surface area contributed by atoms with Crippen molar-refractivity contribution in [1.29, 1.82) is 0 Å². The zero-order valence-corrected chi connectivity index (χ0v) is 21.6. The van der Waals surface area contributed by atoms with Gasteiger partial charge in [0.05, 0.1) is 22.7 Å². The van der Waals surface area contributed by atoms with Crippen LogP contribution in [0.25, 0.3) is 0 Å². The summed E-state index contributed by atoms with van der Waals surface area (Å²) < 4.78 is 24.3. The van der Waals surface area contributed by atoms with E-state index in [0.29, 0.717) is 22.4 Å². The van der Waals surface area contributed by atoms with Crippen LogP contribution in [0.3, 0.4) is 0 Å². The third kappa shape index (κ3) is 6.30. The molecule has 178 valence electrons. The van der Waals surface area contributed by atoms with Crippen molar-refractivity contribution in [3.8, 4) is 0 Å². The Morgan fingerprint density at radius 1 is 1.15 bits per heavy atom. The SMILES string of the molecule is Cc1cccc(CSc2ncc(Cl)c(C(=O)N(Cc3cccc(Cl)c3)C3CCS(=O)(=O)C3)n2)c1. The van der Waals surface area contributed by atoms with Crippen LogP contribution in [-0.2, 0) is 22.1 Å². The van der Waals surface area contributed by atoms with Crippen molar-refractivity contribution in [1.82, 2.24) is 14.9 Å². The molecule has 1 saturated heterocycles. The Morgan fingerprint density at radius 3 is 2.62 bits per heavy atom. The lowest BCUT2D eigenvalue weighted by atomic mass is 10.1. The lowest BCUT2D eigenvalue weighted by molar-refractivity contribution is 0.0674. The molecular weight excluding hydrogens is 513 g/mol. The maximum atomic E-state index is 13.6. The van der Waals surface area contributed by atoms with Gasteiger partial charge in [0.15, 0.2) is 20.7 Å². The summed E-state index contributed by atoms with van der Waals surface area (Å²) >= 11 is 13.9. The molecule has 0 saturated carbocycles. The second-order valence-electron chi connectivity index (χ2n) is 8.25. The number of rotatable bonds is 7. The molecule has 1 amide bonds. The first-order valence-electron chi connectivity index (χ1n) is 10.7. The van der Waals surface area contributed by atoms with Gasteiger partial charge in [0.2, 0.25) is 0 Å². The molecule has 3 aromatic rings. The minimum absolute atomic E-state index is 0.0477. The number of sulfone groups is 1. The highest BCUT2D eigenvalue weighted by atomic mass is 35.5. The van der Waals surface area contributed by atoms with Crippen LogP contribution in [0.15, 0.2) is 59.9 Å². The van der Waals surface area contributed by atoms with Gasteiger partial charge < -0.3 is 4.90 Å². The van der Waals surface area contributed by atoms with Crippen molar-refractivity contribution in [2.75, 3.05) is 11.5 Å². The average Bonchev–Trinajstić information content (AvgIpc) is 3.16. The van der Waals surface area contributed by atoms with E-state index in [9.17, 15) is 13.2 Å². The van der Waals surface area contributed by atoms with E-state index >= 15 is 0 Å². The van der Waals surface area contributed by atoms with Crippen molar-refractivity contribution < 1.29 is 13.2 Å². The summed E-state index contributed by atoms with van der Waals surface area (Å²) in [6.07, 6.45) is 1.79. The molecular formula is C24H23Cl2N3O3S2. The largest absolute Gasteiger partial charge is 0.329 e. The van der Waals surface area contributed by atoms with Crippen molar-refractivity contribution in [2.45, 2.75) is 36.8 Å². The molecule has 0 N–H and O–H groups in total. The van der Waals surface area contributed by atoms with Gasteiger partial charge in [0, 0.05) is 23.4 Å². The third-order valence-corrected chi connectivity index (χ3v) is 8.72. The second kappa shape index (κ2) is 10.6. The number of carbonyl (C=O) groups excluding carboxylic acids is 1. The number of carbonyl (C=O) groups is 1. The normalized spacial score (nSPS) is 17.0. The van der Waals surface area contributed by atoms with E-state index in [0.717, 1.165) is 16.7 Å². The summed E-state index contributed by atoms with van der Waals surface area (Å²) in [7, 11) is -3.21. The fraction of sp³-hybridized carbons (Fsp3) is 0.292. The Balaban J connectivity index is 1.60. The first kappa shape index (κ1) is 25.0. The van der Waals surface area contributed by atoms with Crippen molar-refractivity contribution in [3.63, 3.8) is 0 Å².